The van der Waals surface area contributed by atoms with E-state index in [9.17, 15) is 22.8 Å². The van der Waals surface area contributed by atoms with Gasteiger partial charge in [0.15, 0.2) is 0 Å². The number of hydrogen-bond acceptors (Lipinski definition) is 6. The Balaban J connectivity index is 2.07. The van der Waals surface area contributed by atoms with Gasteiger partial charge in [0.05, 0.1) is 35.8 Å². The number of anilines is 2. The summed E-state index contributed by atoms with van der Waals surface area (Å²) in [4.78, 5) is 28.2. The topological polar surface area (TPSA) is 71.0 Å². The zero-order valence-electron chi connectivity index (χ0n) is 13.9. The molecule has 0 aliphatic carbocycles. The number of carbonyl (C=O) groups excluding carboxylic acids is 2. The molecule has 26 heavy (non-hydrogen) atoms. The number of carbonyl (C=O) groups is 2. The van der Waals surface area contributed by atoms with E-state index in [0.29, 0.717) is 18.3 Å². The number of rotatable bonds is 4. The summed E-state index contributed by atoms with van der Waals surface area (Å²) < 4.78 is 45.4. The van der Waals surface area contributed by atoms with E-state index in [0.717, 1.165) is 6.07 Å². The molecule has 9 heteroatoms. The van der Waals surface area contributed by atoms with Crippen molar-refractivity contribution in [2.24, 2.45) is 4.99 Å². The summed E-state index contributed by atoms with van der Waals surface area (Å²) in [5.74, 6) is -0.614. The monoisotopic (exact) mass is 367 g/mol. The number of fused-ring (bicyclic) bond motifs is 1. The molecule has 6 nitrogen and oxygen atoms in total. The fourth-order valence-corrected chi connectivity index (χ4v) is 2.83. The molecule has 1 aromatic rings. The fourth-order valence-electron chi connectivity index (χ4n) is 2.83. The van der Waals surface area contributed by atoms with Crippen LogP contribution in [0.1, 0.15) is 18.9 Å². The molecule has 1 N–H and O–H groups in total. The predicted octanol–water partition coefficient (Wildman–Crippen LogP) is 3.06. The van der Waals surface area contributed by atoms with Crippen molar-refractivity contribution in [3.05, 3.63) is 29.5 Å². The molecule has 0 fully saturated rings. The van der Waals surface area contributed by atoms with Gasteiger partial charge >= 0.3 is 12.1 Å². The number of halogens is 3. The second kappa shape index (κ2) is 6.81. The van der Waals surface area contributed by atoms with Gasteiger partial charge in [0, 0.05) is 18.3 Å². The first kappa shape index (κ1) is 18.0. The summed E-state index contributed by atoms with van der Waals surface area (Å²) >= 11 is 0. The van der Waals surface area contributed by atoms with Crippen molar-refractivity contribution >= 4 is 35.0 Å². The van der Waals surface area contributed by atoms with Crippen LogP contribution in [-0.4, -0.2) is 37.7 Å². The van der Waals surface area contributed by atoms with Crippen LogP contribution in [0.4, 0.5) is 30.2 Å². The summed E-state index contributed by atoms with van der Waals surface area (Å²) in [6.07, 6.45) is -2.18. The van der Waals surface area contributed by atoms with E-state index in [4.69, 9.17) is 4.74 Å². The van der Waals surface area contributed by atoms with Crippen molar-refractivity contribution in [1.29, 1.82) is 0 Å². The van der Waals surface area contributed by atoms with Crippen molar-refractivity contribution in [3.63, 3.8) is 0 Å². The molecule has 2 heterocycles. The number of nitrogens with one attached hydrogen (secondary N) is 1. The van der Waals surface area contributed by atoms with Gasteiger partial charge in [0.25, 0.3) is 0 Å². The van der Waals surface area contributed by atoms with Gasteiger partial charge in [-0.25, -0.2) is 9.79 Å². The van der Waals surface area contributed by atoms with Crippen LogP contribution in [0.2, 0.25) is 0 Å². The lowest BCUT2D eigenvalue weighted by Gasteiger charge is -2.25. The van der Waals surface area contributed by atoms with Crippen LogP contribution in [0.25, 0.3) is 0 Å². The summed E-state index contributed by atoms with van der Waals surface area (Å²) in [6, 6.07) is 2.25. The van der Waals surface area contributed by atoms with Gasteiger partial charge < -0.3 is 15.0 Å². The predicted molar refractivity (Wildman–Crippen MR) is 89.8 cm³/mol. The van der Waals surface area contributed by atoms with Crippen molar-refractivity contribution in [3.8, 4) is 0 Å². The summed E-state index contributed by atoms with van der Waals surface area (Å²) in [5.41, 5.74) is -0.0193. The van der Waals surface area contributed by atoms with Crippen LogP contribution in [0.5, 0.6) is 0 Å². The van der Waals surface area contributed by atoms with Crippen LogP contribution in [-0.2, 0) is 20.5 Å². The highest BCUT2D eigenvalue weighted by Crippen LogP contribution is 2.44. The highest BCUT2D eigenvalue weighted by molar-refractivity contribution is 6.39. The van der Waals surface area contributed by atoms with E-state index in [1.807, 2.05) is 0 Å². The number of hydrogen-bond donors (Lipinski definition) is 1. The highest BCUT2D eigenvalue weighted by atomic mass is 19.4. The lowest BCUT2D eigenvalue weighted by molar-refractivity contribution is -0.137. The molecular formula is C17H16F3N3O3. The standard InChI is InChI=1S/C17H16F3N3O3/c1-2-26-16(25)14-7-21-12-5-11(17(18,19)20)15(6-13(12)22-14)23-4-3-10(8-23)9-24/h5-6,8-9,21H,2-4,7H2,1H3. The number of ether oxygens (including phenoxy) is 1. The Morgan fingerprint density at radius 1 is 1.42 bits per heavy atom. The highest BCUT2D eigenvalue weighted by Gasteiger charge is 2.37. The maximum Gasteiger partial charge on any atom is 0.418 e. The Morgan fingerprint density at radius 2 is 2.19 bits per heavy atom. The van der Waals surface area contributed by atoms with Gasteiger partial charge in [-0.15, -0.1) is 0 Å². The molecule has 0 saturated carbocycles. The first-order valence-corrected chi connectivity index (χ1v) is 7.99. The second-order valence-corrected chi connectivity index (χ2v) is 5.78. The third-order valence-electron chi connectivity index (χ3n) is 4.06. The van der Waals surface area contributed by atoms with Gasteiger partial charge in [0.2, 0.25) is 0 Å². The Kier molecular flexibility index (Phi) is 4.71. The summed E-state index contributed by atoms with van der Waals surface area (Å²) in [6.45, 7) is 2.08. The average molecular weight is 367 g/mol. The molecule has 0 amide bonds. The van der Waals surface area contributed by atoms with Crippen molar-refractivity contribution in [2.75, 3.05) is 29.9 Å². The summed E-state index contributed by atoms with van der Waals surface area (Å²) in [7, 11) is 0. The van der Waals surface area contributed by atoms with Crippen molar-refractivity contribution in [1.82, 2.24) is 0 Å². The van der Waals surface area contributed by atoms with Crippen LogP contribution < -0.4 is 10.2 Å². The number of alkyl halides is 3. The Labute approximate surface area is 147 Å². The zero-order valence-corrected chi connectivity index (χ0v) is 13.9. The molecule has 2 aliphatic rings. The average Bonchev–Trinajstić information content (AvgIpc) is 3.08. The van der Waals surface area contributed by atoms with Crippen molar-refractivity contribution < 1.29 is 27.5 Å². The quantitative estimate of drug-likeness (QED) is 0.654. The third kappa shape index (κ3) is 3.42. The Bertz CT molecular complexity index is 815. The summed E-state index contributed by atoms with van der Waals surface area (Å²) in [5, 5.41) is 2.78. The second-order valence-electron chi connectivity index (χ2n) is 5.78. The zero-order chi connectivity index (χ0) is 18.9. The fraction of sp³-hybridized carbons (Fsp3) is 0.353. The van der Waals surface area contributed by atoms with Crippen molar-refractivity contribution in [2.45, 2.75) is 19.5 Å². The van der Waals surface area contributed by atoms with Gasteiger partial charge in [-0.1, -0.05) is 0 Å². The number of esters is 1. The molecule has 0 radical (unpaired) electrons. The van der Waals surface area contributed by atoms with Gasteiger partial charge in [-0.2, -0.15) is 13.2 Å². The molecule has 0 atom stereocenters. The molecule has 0 saturated heterocycles. The van der Waals surface area contributed by atoms with E-state index < -0.39 is 17.7 Å². The molecule has 0 spiro atoms. The molecule has 2 aliphatic heterocycles. The van der Waals surface area contributed by atoms with E-state index in [1.165, 1.54) is 17.2 Å². The van der Waals surface area contributed by atoms with Gasteiger partial charge in [0.1, 0.15) is 12.0 Å². The minimum Gasteiger partial charge on any atom is -0.461 e. The minimum absolute atomic E-state index is 0.0125. The molecule has 1 aromatic carbocycles. The lowest BCUT2D eigenvalue weighted by atomic mass is 10.1. The van der Waals surface area contributed by atoms with Crippen LogP contribution in [0.15, 0.2) is 28.9 Å². The van der Waals surface area contributed by atoms with Crippen LogP contribution in [0, 0.1) is 0 Å². The third-order valence-corrected chi connectivity index (χ3v) is 4.06. The van der Waals surface area contributed by atoms with Gasteiger partial charge in [-0.05, 0) is 25.5 Å². The van der Waals surface area contributed by atoms with E-state index in [-0.39, 0.29) is 42.5 Å². The molecule has 3 rings (SSSR count). The number of benzene rings is 1. The number of nitrogens with zero attached hydrogens (tertiary/aromatic N) is 2. The largest absolute Gasteiger partial charge is 0.461 e. The normalized spacial score (nSPS) is 16.4. The molecule has 0 unspecified atom stereocenters. The SMILES string of the molecule is CCOC(=O)C1=Nc2cc(N3C=C(C=O)CC3)c(C(F)(F)F)cc2NC1. The van der Waals surface area contributed by atoms with Crippen LogP contribution >= 0.6 is 0 Å². The van der Waals surface area contributed by atoms with E-state index >= 15 is 0 Å². The first-order valence-electron chi connectivity index (χ1n) is 7.99. The van der Waals surface area contributed by atoms with Crippen LogP contribution in [0.3, 0.4) is 0 Å². The first-order chi connectivity index (χ1) is 12.3. The smallest absolute Gasteiger partial charge is 0.418 e. The molecule has 138 valence electrons. The number of aliphatic imine (C=N–C) groups is 1. The molecule has 0 aromatic heterocycles. The maximum absolute atomic E-state index is 13.5. The lowest BCUT2D eigenvalue weighted by Crippen LogP contribution is -2.28. The minimum atomic E-state index is -4.57. The molecular weight excluding hydrogens is 351 g/mol. The van der Waals surface area contributed by atoms with E-state index in [1.54, 1.807) is 6.92 Å². The Morgan fingerprint density at radius 3 is 2.81 bits per heavy atom. The van der Waals surface area contributed by atoms with Gasteiger partial charge in [-0.3, -0.25) is 4.79 Å². The molecule has 0 bridgehead atoms. The number of aldehydes is 1. The Hall–Kier alpha value is -2.84. The maximum atomic E-state index is 13.5. The van der Waals surface area contributed by atoms with E-state index in [2.05, 4.69) is 10.3 Å².